The average molecular weight is 460 g/mol. The molecule has 6 rings (SSSR count). The largest absolute Gasteiger partial charge is 0.454 e. The highest BCUT2D eigenvalue weighted by atomic mass is 16.7. The summed E-state index contributed by atoms with van der Waals surface area (Å²) < 4.78 is 14.3. The molecule has 5 heterocycles. The molecule has 0 unspecified atom stereocenters. The number of pyridine rings is 1. The molecule has 34 heavy (non-hydrogen) atoms. The number of fused-ring (bicyclic) bond motifs is 4. The number of piperazine rings is 1. The predicted molar refractivity (Wildman–Crippen MR) is 126 cm³/mol. The fourth-order valence-electron chi connectivity index (χ4n) is 4.81. The summed E-state index contributed by atoms with van der Waals surface area (Å²) in [5, 5.41) is 0. The maximum absolute atomic E-state index is 13.0. The van der Waals surface area contributed by atoms with Crippen molar-refractivity contribution in [1.82, 2.24) is 23.8 Å². The summed E-state index contributed by atoms with van der Waals surface area (Å²) in [5.41, 5.74) is 3.08. The number of benzene rings is 1. The number of ether oxygens (including phenoxy) is 2. The van der Waals surface area contributed by atoms with Gasteiger partial charge in [0.25, 0.3) is 5.56 Å². The molecule has 9 heteroatoms. The third-order valence-corrected chi connectivity index (χ3v) is 6.61. The Labute approximate surface area is 195 Å². The standard InChI is InChI=1S/C25H25N5O4/c31-23(7-10-30-24-19(3-1-8-26-24)29-9-2-4-20(29)25(30)32)28-13-11-27(12-14-28)16-18-5-6-21-22(15-18)34-17-33-21/h1-6,8-9,15H,7,10-14,16-17H2. The first kappa shape index (κ1) is 20.7. The van der Waals surface area contributed by atoms with E-state index in [1.54, 1.807) is 16.8 Å². The number of carbonyl (C=O) groups excluding carboxylic acids is 1. The number of hydrogen-bond donors (Lipinski definition) is 0. The zero-order valence-electron chi connectivity index (χ0n) is 18.7. The number of aromatic nitrogens is 3. The first-order valence-electron chi connectivity index (χ1n) is 11.5. The summed E-state index contributed by atoms with van der Waals surface area (Å²) in [5.74, 6) is 1.65. The van der Waals surface area contributed by atoms with Crippen LogP contribution in [0.5, 0.6) is 11.5 Å². The molecule has 0 saturated carbocycles. The number of amides is 1. The molecular formula is C25H25N5O4. The smallest absolute Gasteiger partial charge is 0.276 e. The van der Waals surface area contributed by atoms with E-state index in [4.69, 9.17) is 9.47 Å². The van der Waals surface area contributed by atoms with Crippen molar-refractivity contribution in [3.05, 3.63) is 70.8 Å². The van der Waals surface area contributed by atoms with Gasteiger partial charge in [-0.1, -0.05) is 6.07 Å². The van der Waals surface area contributed by atoms with Crippen LogP contribution in [0.15, 0.2) is 59.7 Å². The van der Waals surface area contributed by atoms with Gasteiger partial charge in [-0.05, 0) is 42.0 Å². The summed E-state index contributed by atoms with van der Waals surface area (Å²) in [6.07, 6.45) is 3.80. The van der Waals surface area contributed by atoms with Crippen LogP contribution in [-0.2, 0) is 17.9 Å². The minimum atomic E-state index is -0.127. The van der Waals surface area contributed by atoms with Crippen LogP contribution in [0.4, 0.5) is 0 Å². The summed E-state index contributed by atoms with van der Waals surface area (Å²) in [7, 11) is 0. The maximum atomic E-state index is 13.0. The third kappa shape index (κ3) is 3.67. The fourth-order valence-corrected chi connectivity index (χ4v) is 4.81. The normalized spacial score (nSPS) is 15.9. The minimum absolute atomic E-state index is 0.0639. The van der Waals surface area contributed by atoms with Crippen molar-refractivity contribution in [3.8, 4) is 11.5 Å². The van der Waals surface area contributed by atoms with Crippen molar-refractivity contribution in [3.63, 3.8) is 0 Å². The van der Waals surface area contributed by atoms with Gasteiger partial charge in [0.05, 0.1) is 5.52 Å². The molecule has 0 aliphatic carbocycles. The van der Waals surface area contributed by atoms with Gasteiger partial charge in [-0.25, -0.2) is 4.98 Å². The van der Waals surface area contributed by atoms with Gasteiger partial charge in [-0.2, -0.15) is 0 Å². The first-order valence-corrected chi connectivity index (χ1v) is 11.5. The van der Waals surface area contributed by atoms with Crippen LogP contribution in [0.25, 0.3) is 16.7 Å². The zero-order chi connectivity index (χ0) is 23.1. The van der Waals surface area contributed by atoms with Crippen LogP contribution >= 0.6 is 0 Å². The molecule has 1 amide bonds. The lowest BCUT2D eigenvalue weighted by molar-refractivity contribution is -0.133. The Hall–Kier alpha value is -3.85. The molecule has 1 fully saturated rings. The highest BCUT2D eigenvalue weighted by Crippen LogP contribution is 2.32. The molecule has 2 aliphatic heterocycles. The van der Waals surface area contributed by atoms with Crippen molar-refractivity contribution in [2.24, 2.45) is 0 Å². The quantitative estimate of drug-likeness (QED) is 0.455. The Morgan fingerprint density at radius 2 is 1.79 bits per heavy atom. The van der Waals surface area contributed by atoms with E-state index >= 15 is 0 Å². The summed E-state index contributed by atoms with van der Waals surface area (Å²) in [6, 6.07) is 13.5. The van der Waals surface area contributed by atoms with Gasteiger partial charge >= 0.3 is 0 Å². The van der Waals surface area contributed by atoms with E-state index in [9.17, 15) is 9.59 Å². The summed E-state index contributed by atoms with van der Waals surface area (Å²) in [6.45, 7) is 4.36. The topological polar surface area (TPSA) is 81.3 Å². The Morgan fingerprint density at radius 3 is 2.68 bits per heavy atom. The molecule has 3 aromatic heterocycles. The van der Waals surface area contributed by atoms with E-state index in [1.807, 2.05) is 45.8 Å². The van der Waals surface area contributed by atoms with E-state index in [0.717, 1.165) is 36.6 Å². The van der Waals surface area contributed by atoms with Gasteiger partial charge in [0.15, 0.2) is 17.1 Å². The number of hydrogen-bond acceptors (Lipinski definition) is 6. The molecule has 1 saturated heterocycles. The molecular weight excluding hydrogens is 434 g/mol. The van der Waals surface area contributed by atoms with Gasteiger partial charge in [-0.3, -0.25) is 19.1 Å². The van der Waals surface area contributed by atoms with E-state index in [2.05, 4.69) is 16.0 Å². The summed E-state index contributed by atoms with van der Waals surface area (Å²) >= 11 is 0. The highest BCUT2D eigenvalue weighted by Gasteiger charge is 2.22. The number of carbonyl (C=O) groups is 1. The molecule has 0 bridgehead atoms. The van der Waals surface area contributed by atoms with E-state index < -0.39 is 0 Å². The fraction of sp³-hybridized carbons (Fsp3) is 0.320. The average Bonchev–Trinajstić information content (AvgIpc) is 3.54. The molecule has 1 aromatic carbocycles. The van der Waals surface area contributed by atoms with Crippen LogP contribution in [0.2, 0.25) is 0 Å². The van der Waals surface area contributed by atoms with Gasteiger partial charge in [0.1, 0.15) is 5.52 Å². The number of nitrogens with zero attached hydrogens (tertiary/aromatic N) is 5. The molecule has 0 radical (unpaired) electrons. The lowest BCUT2D eigenvalue weighted by Gasteiger charge is -2.35. The van der Waals surface area contributed by atoms with Crippen molar-refractivity contribution in [2.75, 3.05) is 33.0 Å². The SMILES string of the molecule is O=C(CCn1c(=O)c2cccn2c2cccnc21)N1CCN(Cc2ccc3c(c2)OCO3)CC1. The molecule has 0 spiro atoms. The second kappa shape index (κ2) is 8.49. The molecule has 174 valence electrons. The zero-order valence-corrected chi connectivity index (χ0v) is 18.7. The van der Waals surface area contributed by atoms with Crippen LogP contribution in [0.3, 0.4) is 0 Å². The van der Waals surface area contributed by atoms with Gasteiger partial charge in [-0.15, -0.1) is 0 Å². The van der Waals surface area contributed by atoms with Gasteiger partial charge < -0.3 is 18.8 Å². The molecule has 0 N–H and O–H groups in total. The van der Waals surface area contributed by atoms with Gasteiger partial charge in [0.2, 0.25) is 12.7 Å². The van der Waals surface area contributed by atoms with Crippen LogP contribution < -0.4 is 15.0 Å². The Kier molecular flexibility index (Phi) is 5.18. The maximum Gasteiger partial charge on any atom is 0.276 e. The van der Waals surface area contributed by atoms with Crippen molar-refractivity contribution in [2.45, 2.75) is 19.5 Å². The van der Waals surface area contributed by atoms with Crippen LogP contribution in [0.1, 0.15) is 12.0 Å². The second-order valence-electron chi connectivity index (χ2n) is 8.66. The Bertz CT molecular complexity index is 1430. The molecule has 4 aromatic rings. The Morgan fingerprint density at radius 1 is 0.971 bits per heavy atom. The third-order valence-electron chi connectivity index (χ3n) is 6.61. The van der Waals surface area contributed by atoms with Crippen LogP contribution in [-0.4, -0.2) is 62.6 Å². The van der Waals surface area contributed by atoms with Crippen molar-refractivity contribution in [1.29, 1.82) is 0 Å². The molecule has 0 atom stereocenters. The van der Waals surface area contributed by atoms with Crippen molar-refractivity contribution >= 4 is 22.6 Å². The highest BCUT2D eigenvalue weighted by molar-refractivity contribution is 5.78. The summed E-state index contributed by atoms with van der Waals surface area (Å²) in [4.78, 5) is 34.7. The number of rotatable bonds is 5. The predicted octanol–water partition coefficient (Wildman–Crippen LogP) is 2.11. The lowest BCUT2D eigenvalue weighted by Crippen LogP contribution is -2.48. The molecule has 9 nitrogen and oxygen atoms in total. The minimum Gasteiger partial charge on any atom is -0.454 e. The van der Waals surface area contributed by atoms with Crippen molar-refractivity contribution < 1.29 is 14.3 Å². The monoisotopic (exact) mass is 459 g/mol. The Balaban J connectivity index is 1.09. The second-order valence-corrected chi connectivity index (χ2v) is 8.66. The van der Waals surface area contributed by atoms with E-state index in [0.29, 0.717) is 30.8 Å². The molecule has 2 aliphatic rings. The number of aryl methyl sites for hydroxylation is 1. The lowest BCUT2D eigenvalue weighted by atomic mass is 10.1. The van der Waals surface area contributed by atoms with Crippen LogP contribution in [0, 0.1) is 0 Å². The van der Waals surface area contributed by atoms with E-state index in [-0.39, 0.29) is 24.7 Å². The van der Waals surface area contributed by atoms with Gasteiger partial charge in [0, 0.05) is 58.1 Å². The first-order chi connectivity index (χ1) is 16.7. The van der Waals surface area contributed by atoms with E-state index in [1.165, 1.54) is 5.56 Å².